The fourth-order valence-electron chi connectivity index (χ4n) is 3.21. The van der Waals surface area contributed by atoms with Crippen LogP contribution in [0.15, 0.2) is 30.6 Å². The average Bonchev–Trinajstić information content (AvgIpc) is 2.97. The number of fused-ring (bicyclic) bond motifs is 1. The lowest BCUT2D eigenvalue weighted by Gasteiger charge is -2.22. The third kappa shape index (κ3) is 3.75. The molecular weight excluding hydrogens is 310 g/mol. The van der Waals surface area contributed by atoms with Gasteiger partial charge in [-0.25, -0.2) is 4.98 Å². The first-order valence-electron chi connectivity index (χ1n) is 8.25. The van der Waals surface area contributed by atoms with Crippen LogP contribution in [-0.2, 0) is 24.2 Å². The fraction of sp³-hybridized carbons (Fsp3) is 0.444. The summed E-state index contributed by atoms with van der Waals surface area (Å²) in [7, 11) is 0. The molecule has 3 rings (SSSR count). The van der Waals surface area contributed by atoms with Crippen LogP contribution < -0.4 is 5.32 Å². The Balaban J connectivity index is 1.70. The van der Waals surface area contributed by atoms with Crippen LogP contribution in [-0.4, -0.2) is 15.5 Å². The van der Waals surface area contributed by atoms with Gasteiger partial charge in [0.15, 0.2) is 0 Å². The molecule has 1 aliphatic carbocycles. The van der Waals surface area contributed by atoms with E-state index in [0.29, 0.717) is 5.28 Å². The second-order valence-electron chi connectivity index (χ2n) is 6.09. The van der Waals surface area contributed by atoms with E-state index in [4.69, 9.17) is 11.6 Å². The van der Waals surface area contributed by atoms with E-state index >= 15 is 0 Å². The minimum absolute atomic E-state index is 0.0389. The largest absolute Gasteiger partial charge is 0.348 e. The van der Waals surface area contributed by atoms with Crippen molar-refractivity contribution in [3.63, 3.8) is 0 Å². The van der Waals surface area contributed by atoms with Crippen molar-refractivity contribution in [2.75, 3.05) is 0 Å². The highest BCUT2D eigenvalue weighted by atomic mass is 35.5. The second kappa shape index (κ2) is 7.18. The second-order valence-corrected chi connectivity index (χ2v) is 6.43. The van der Waals surface area contributed by atoms with Gasteiger partial charge < -0.3 is 9.88 Å². The average molecular weight is 332 g/mol. The highest BCUT2D eigenvalue weighted by molar-refractivity contribution is 6.28. The maximum atomic E-state index is 12.3. The van der Waals surface area contributed by atoms with Gasteiger partial charge in [0, 0.05) is 12.4 Å². The van der Waals surface area contributed by atoms with Crippen molar-refractivity contribution in [1.82, 2.24) is 14.9 Å². The van der Waals surface area contributed by atoms with Gasteiger partial charge in [-0.15, -0.1) is 0 Å². The summed E-state index contributed by atoms with van der Waals surface area (Å²) in [6, 6.07) is 6.69. The lowest BCUT2D eigenvalue weighted by atomic mass is 9.89. The molecule has 0 saturated carbocycles. The molecule has 5 heteroatoms. The molecule has 1 unspecified atom stereocenters. The molecule has 0 bridgehead atoms. The fourth-order valence-corrected chi connectivity index (χ4v) is 3.39. The van der Waals surface area contributed by atoms with Gasteiger partial charge in [0.1, 0.15) is 6.54 Å². The number of hydrogen-bond acceptors (Lipinski definition) is 2. The molecule has 2 aromatic rings. The predicted molar refractivity (Wildman–Crippen MR) is 91.5 cm³/mol. The number of aryl methyl sites for hydroxylation is 2. The number of nitrogens with one attached hydrogen (secondary N) is 1. The topological polar surface area (TPSA) is 46.9 Å². The molecule has 0 fully saturated rings. The molecule has 1 aromatic heterocycles. The van der Waals surface area contributed by atoms with Crippen LogP contribution in [0, 0.1) is 0 Å². The molecular formula is C18H22ClN3O. The monoisotopic (exact) mass is 331 g/mol. The van der Waals surface area contributed by atoms with E-state index in [1.54, 1.807) is 17.0 Å². The summed E-state index contributed by atoms with van der Waals surface area (Å²) in [4.78, 5) is 16.2. The number of rotatable bonds is 5. The zero-order valence-corrected chi connectivity index (χ0v) is 14.1. The first-order valence-corrected chi connectivity index (χ1v) is 8.63. The summed E-state index contributed by atoms with van der Waals surface area (Å²) in [6.07, 6.45) is 9.04. The number of hydrogen-bond donors (Lipinski definition) is 1. The molecule has 1 N–H and O–H groups in total. The van der Waals surface area contributed by atoms with E-state index in [0.717, 1.165) is 12.8 Å². The van der Waals surface area contributed by atoms with E-state index < -0.39 is 0 Å². The predicted octanol–water partition coefficient (Wildman–Crippen LogP) is 3.68. The van der Waals surface area contributed by atoms with Crippen molar-refractivity contribution >= 4 is 17.5 Å². The van der Waals surface area contributed by atoms with E-state index in [2.05, 4.69) is 35.4 Å². The van der Waals surface area contributed by atoms with E-state index in [9.17, 15) is 4.79 Å². The smallest absolute Gasteiger partial charge is 0.240 e. The molecule has 122 valence electrons. The van der Waals surface area contributed by atoms with Gasteiger partial charge in [0.25, 0.3) is 0 Å². The van der Waals surface area contributed by atoms with Gasteiger partial charge in [-0.2, -0.15) is 0 Å². The Labute approximate surface area is 141 Å². The van der Waals surface area contributed by atoms with E-state index in [1.165, 1.54) is 36.0 Å². The third-order valence-corrected chi connectivity index (χ3v) is 4.81. The van der Waals surface area contributed by atoms with Crippen LogP contribution in [0.1, 0.15) is 48.9 Å². The van der Waals surface area contributed by atoms with Crippen LogP contribution in [0.3, 0.4) is 0 Å². The number of nitrogens with zero attached hydrogens (tertiary/aromatic N) is 2. The van der Waals surface area contributed by atoms with Crippen LogP contribution >= 0.6 is 11.6 Å². The first kappa shape index (κ1) is 16.1. The highest BCUT2D eigenvalue weighted by Crippen LogP contribution is 2.26. The van der Waals surface area contributed by atoms with Gasteiger partial charge in [-0.05, 0) is 60.4 Å². The molecule has 0 aliphatic heterocycles. The van der Waals surface area contributed by atoms with Crippen LogP contribution in [0.4, 0.5) is 0 Å². The number of imidazole rings is 1. The Hall–Kier alpha value is -1.81. The highest BCUT2D eigenvalue weighted by Gasteiger charge is 2.16. The van der Waals surface area contributed by atoms with Crippen molar-refractivity contribution in [2.24, 2.45) is 0 Å². The van der Waals surface area contributed by atoms with Crippen LogP contribution in [0.2, 0.25) is 5.28 Å². The van der Waals surface area contributed by atoms with Crippen molar-refractivity contribution in [1.29, 1.82) is 0 Å². The van der Waals surface area contributed by atoms with Gasteiger partial charge >= 0.3 is 0 Å². The van der Waals surface area contributed by atoms with Crippen LogP contribution in [0.25, 0.3) is 0 Å². The Morgan fingerprint density at radius 2 is 2.13 bits per heavy atom. The van der Waals surface area contributed by atoms with Crippen molar-refractivity contribution in [2.45, 2.75) is 51.6 Å². The molecule has 23 heavy (non-hydrogen) atoms. The molecule has 0 radical (unpaired) electrons. The standard InChI is InChI=1S/C18H22ClN3O/c1-2-16(21-17(23)12-22-10-9-20-18(22)19)15-8-7-13-5-3-4-6-14(13)11-15/h7-11,16H,2-6,12H2,1H3,(H,21,23). The molecule has 1 amide bonds. The zero-order chi connectivity index (χ0) is 16.2. The molecule has 4 nitrogen and oxygen atoms in total. The maximum absolute atomic E-state index is 12.3. The minimum atomic E-state index is -0.0468. The first-order chi connectivity index (χ1) is 11.2. The van der Waals surface area contributed by atoms with Crippen molar-refractivity contribution in [3.8, 4) is 0 Å². The summed E-state index contributed by atoms with van der Waals surface area (Å²) in [6.45, 7) is 2.29. The molecule has 1 aliphatic rings. The zero-order valence-electron chi connectivity index (χ0n) is 13.4. The third-order valence-electron chi connectivity index (χ3n) is 4.50. The summed E-state index contributed by atoms with van der Waals surface area (Å²) in [5, 5.41) is 3.44. The van der Waals surface area contributed by atoms with E-state index in [1.807, 2.05) is 0 Å². The van der Waals surface area contributed by atoms with Gasteiger partial charge in [-0.3, -0.25) is 4.79 Å². The molecule has 1 aromatic carbocycles. The Morgan fingerprint density at radius 3 is 2.83 bits per heavy atom. The lowest BCUT2D eigenvalue weighted by molar-refractivity contribution is -0.122. The lowest BCUT2D eigenvalue weighted by Crippen LogP contribution is -2.31. The molecule has 0 spiro atoms. The number of halogens is 1. The normalized spacial score (nSPS) is 15.0. The number of benzene rings is 1. The SMILES string of the molecule is CCC(NC(=O)Cn1ccnc1Cl)c1ccc2c(c1)CCCC2. The van der Waals surface area contributed by atoms with Crippen molar-refractivity contribution in [3.05, 3.63) is 52.6 Å². The summed E-state index contributed by atoms with van der Waals surface area (Å²) < 4.78 is 1.64. The minimum Gasteiger partial charge on any atom is -0.348 e. The van der Waals surface area contributed by atoms with Gasteiger partial charge in [-0.1, -0.05) is 25.1 Å². The molecule has 1 atom stereocenters. The van der Waals surface area contributed by atoms with Gasteiger partial charge in [0.2, 0.25) is 11.2 Å². The Kier molecular flexibility index (Phi) is 5.01. The summed E-state index contributed by atoms with van der Waals surface area (Å²) >= 11 is 5.92. The molecule has 1 heterocycles. The number of carbonyl (C=O) groups is 1. The quantitative estimate of drug-likeness (QED) is 0.908. The Bertz CT molecular complexity index is 695. The summed E-state index contributed by atoms with van der Waals surface area (Å²) in [5.74, 6) is -0.0468. The van der Waals surface area contributed by atoms with Crippen molar-refractivity contribution < 1.29 is 4.79 Å². The Morgan fingerprint density at radius 1 is 1.35 bits per heavy atom. The summed E-state index contributed by atoms with van der Waals surface area (Å²) in [5.41, 5.74) is 4.10. The number of aromatic nitrogens is 2. The number of amides is 1. The molecule has 0 saturated heterocycles. The van der Waals surface area contributed by atoms with Gasteiger partial charge in [0.05, 0.1) is 6.04 Å². The van der Waals surface area contributed by atoms with Crippen LogP contribution in [0.5, 0.6) is 0 Å². The number of carbonyl (C=O) groups excluding carboxylic acids is 1. The van der Waals surface area contributed by atoms with E-state index in [-0.39, 0.29) is 18.5 Å². The maximum Gasteiger partial charge on any atom is 0.240 e.